The minimum Gasteiger partial charge on any atom is -0.309 e. The molecule has 24 heavy (non-hydrogen) atoms. The standard InChI is InChI=1S/C19H18BrN3O/c20-14-6-3-5-13(11-14)17-9-4-10-23(17)12-18-21-16-8-2-1-7-15(16)19(24)22-18/h1-3,5-8,11,17H,4,9-10,12H2,(H,21,22,24)/t17-/m1/s1. The first kappa shape index (κ1) is 15.5. The average Bonchev–Trinajstić information content (AvgIpc) is 3.03. The van der Waals surface area contributed by atoms with Gasteiger partial charge in [0.05, 0.1) is 17.4 Å². The van der Waals surface area contributed by atoms with Crippen LogP contribution >= 0.6 is 15.9 Å². The predicted octanol–water partition coefficient (Wildman–Crippen LogP) is 4.02. The van der Waals surface area contributed by atoms with Gasteiger partial charge < -0.3 is 4.98 Å². The van der Waals surface area contributed by atoms with Gasteiger partial charge in [-0.05, 0) is 49.2 Å². The molecule has 2 heterocycles. The van der Waals surface area contributed by atoms with Crippen molar-refractivity contribution in [3.63, 3.8) is 0 Å². The first-order chi connectivity index (χ1) is 11.7. The molecule has 0 unspecified atom stereocenters. The average molecular weight is 384 g/mol. The van der Waals surface area contributed by atoms with Crippen molar-refractivity contribution in [1.82, 2.24) is 14.9 Å². The Balaban J connectivity index is 1.63. The molecule has 0 spiro atoms. The molecule has 2 aromatic carbocycles. The van der Waals surface area contributed by atoms with Crippen molar-refractivity contribution in [2.45, 2.75) is 25.4 Å². The lowest BCUT2D eigenvalue weighted by molar-refractivity contribution is 0.242. The molecule has 0 radical (unpaired) electrons. The maximum atomic E-state index is 12.2. The van der Waals surface area contributed by atoms with Crippen LogP contribution in [0, 0.1) is 0 Å². The van der Waals surface area contributed by atoms with Crippen LogP contribution < -0.4 is 5.56 Å². The van der Waals surface area contributed by atoms with Gasteiger partial charge in [0.25, 0.3) is 5.56 Å². The summed E-state index contributed by atoms with van der Waals surface area (Å²) in [6.07, 6.45) is 2.29. The summed E-state index contributed by atoms with van der Waals surface area (Å²) in [5.74, 6) is 0.737. The van der Waals surface area contributed by atoms with E-state index in [2.05, 4.69) is 49.0 Å². The molecule has 122 valence electrons. The van der Waals surface area contributed by atoms with Crippen LogP contribution in [-0.2, 0) is 6.54 Å². The number of likely N-dealkylation sites (tertiary alicyclic amines) is 1. The van der Waals surface area contributed by atoms with Crippen LogP contribution in [0.15, 0.2) is 57.8 Å². The van der Waals surface area contributed by atoms with Crippen molar-refractivity contribution in [1.29, 1.82) is 0 Å². The zero-order valence-electron chi connectivity index (χ0n) is 13.2. The van der Waals surface area contributed by atoms with Crippen molar-refractivity contribution in [3.8, 4) is 0 Å². The minimum absolute atomic E-state index is 0.0613. The molecular weight excluding hydrogens is 366 g/mol. The van der Waals surface area contributed by atoms with Crippen molar-refractivity contribution < 1.29 is 0 Å². The van der Waals surface area contributed by atoms with Gasteiger partial charge in [-0.1, -0.05) is 40.2 Å². The van der Waals surface area contributed by atoms with Gasteiger partial charge in [-0.15, -0.1) is 0 Å². The molecule has 1 aliphatic rings. The second-order valence-corrected chi connectivity index (χ2v) is 7.13. The molecule has 4 nitrogen and oxygen atoms in total. The highest BCUT2D eigenvalue weighted by Gasteiger charge is 2.26. The topological polar surface area (TPSA) is 49.0 Å². The summed E-state index contributed by atoms with van der Waals surface area (Å²) >= 11 is 3.55. The van der Waals surface area contributed by atoms with Crippen LogP contribution in [0.25, 0.3) is 10.9 Å². The summed E-state index contributed by atoms with van der Waals surface area (Å²) in [6, 6.07) is 16.3. The SMILES string of the molecule is O=c1[nH]c(CN2CCC[C@@H]2c2cccc(Br)c2)nc2ccccc12. The van der Waals surface area contributed by atoms with Crippen LogP contribution in [0.4, 0.5) is 0 Å². The quantitative estimate of drug-likeness (QED) is 0.742. The summed E-state index contributed by atoms with van der Waals surface area (Å²) in [5, 5.41) is 0.645. The fraction of sp³-hybridized carbons (Fsp3) is 0.263. The van der Waals surface area contributed by atoms with E-state index in [-0.39, 0.29) is 5.56 Å². The Labute approximate surface area is 148 Å². The minimum atomic E-state index is -0.0613. The highest BCUT2D eigenvalue weighted by atomic mass is 79.9. The van der Waals surface area contributed by atoms with E-state index in [0.29, 0.717) is 18.0 Å². The summed E-state index contributed by atoms with van der Waals surface area (Å²) in [6.45, 7) is 1.69. The van der Waals surface area contributed by atoms with E-state index < -0.39 is 0 Å². The highest BCUT2D eigenvalue weighted by Crippen LogP contribution is 2.33. The molecule has 0 bridgehead atoms. The van der Waals surface area contributed by atoms with E-state index in [4.69, 9.17) is 0 Å². The molecule has 0 aliphatic carbocycles. The predicted molar refractivity (Wildman–Crippen MR) is 98.9 cm³/mol. The van der Waals surface area contributed by atoms with Gasteiger partial charge in [0.15, 0.2) is 0 Å². The number of hydrogen-bond donors (Lipinski definition) is 1. The molecule has 1 saturated heterocycles. The Hall–Kier alpha value is -1.98. The van der Waals surface area contributed by atoms with Crippen LogP contribution in [0.3, 0.4) is 0 Å². The Morgan fingerprint density at radius 3 is 2.96 bits per heavy atom. The third kappa shape index (κ3) is 3.01. The van der Waals surface area contributed by atoms with Crippen LogP contribution in [-0.4, -0.2) is 21.4 Å². The number of H-pyrrole nitrogens is 1. The Morgan fingerprint density at radius 1 is 1.21 bits per heavy atom. The molecule has 1 atom stereocenters. The van der Waals surface area contributed by atoms with Crippen molar-refractivity contribution in [2.24, 2.45) is 0 Å². The second-order valence-electron chi connectivity index (χ2n) is 6.21. The Morgan fingerprint density at radius 2 is 2.08 bits per heavy atom. The number of halogens is 1. The maximum absolute atomic E-state index is 12.2. The third-order valence-corrected chi connectivity index (χ3v) is 5.11. The zero-order valence-corrected chi connectivity index (χ0v) is 14.8. The Bertz CT molecular complexity index is 937. The molecule has 0 saturated carbocycles. The molecule has 4 rings (SSSR count). The van der Waals surface area contributed by atoms with Crippen LogP contribution in [0.5, 0.6) is 0 Å². The van der Waals surface area contributed by atoms with Crippen molar-refractivity contribution in [2.75, 3.05) is 6.54 Å². The summed E-state index contributed by atoms with van der Waals surface area (Å²) in [7, 11) is 0. The highest BCUT2D eigenvalue weighted by molar-refractivity contribution is 9.10. The lowest BCUT2D eigenvalue weighted by Crippen LogP contribution is -2.25. The molecule has 0 amide bonds. The van der Waals surface area contributed by atoms with E-state index in [1.165, 1.54) is 5.56 Å². The van der Waals surface area contributed by atoms with Gasteiger partial charge in [-0.3, -0.25) is 9.69 Å². The third-order valence-electron chi connectivity index (χ3n) is 4.61. The number of nitrogens with one attached hydrogen (secondary N) is 1. The number of para-hydroxylation sites is 1. The number of rotatable bonds is 3. The fourth-order valence-electron chi connectivity index (χ4n) is 3.51. The Kier molecular flexibility index (Phi) is 4.21. The lowest BCUT2D eigenvalue weighted by Gasteiger charge is -2.24. The smallest absolute Gasteiger partial charge is 0.258 e. The molecule has 1 aliphatic heterocycles. The maximum Gasteiger partial charge on any atom is 0.258 e. The van der Waals surface area contributed by atoms with Gasteiger partial charge in [0.2, 0.25) is 0 Å². The summed E-state index contributed by atoms with van der Waals surface area (Å²) in [5.41, 5.74) is 2.01. The number of nitrogens with zero attached hydrogens (tertiary/aromatic N) is 2. The molecule has 3 aromatic rings. The molecular formula is C19H18BrN3O. The molecule has 5 heteroatoms. The van der Waals surface area contributed by atoms with Crippen molar-refractivity contribution in [3.05, 3.63) is 74.7 Å². The van der Waals surface area contributed by atoms with Gasteiger partial charge in [0, 0.05) is 10.5 Å². The van der Waals surface area contributed by atoms with Gasteiger partial charge in [-0.25, -0.2) is 4.98 Å². The number of aromatic nitrogens is 2. The monoisotopic (exact) mass is 383 g/mol. The van der Waals surface area contributed by atoms with E-state index in [1.807, 2.05) is 30.3 Å². The first-order valence-electron chi connectivity index (χ1n) is 8.18. The molecule has 1 aromatic heterocycles. The largest absolute Gasteiger partial charge is 0.309 e. The fourth-order valence-corrected chi connectivity index (χ4v) is 3.93. The van der Waals surface area contributed by atoms with Crippen molar-refractivity contribution >= 4 is 26.8 Å². The van der Waals surface area contributed by atoms with Gasteiger partial charge in [0.1, 0.15) is 5.82 Å². The summed E-state index contributed by atoms with van der Waals surface area (Å²) < 4.78 is 1.10. The lowest BCUT2D eigenvalue weighted by atomic mass is 10.0. The second kappa shape index (κ2) is 6.49. The van der Waals surface area contributed by atoms with E-state index >= 15 is 0 Å². The number of fused-ring (bicyclic) bond motifs is 1. The van der Waals surface area contributed by atoms with E-state index in [0.717, 1.165) is 35.2 Å². The van der Waals surface area contributed by atoms with Crippen LogP contribution in [0.2, 0.25) is 0 Å². The number of hydrogen-bond acceptors (Lipinski definition) is 3. The normalized spacial score (nSPS) is 18.3. The zero-order chi connectivity index (χ0) is 16.5. The number of aromatic amines is 1. The molecule has 1 N–H and O–H groups in total. The van der Waals surface area contributed by atoms with Gasteiger partial charge >= 0.3 is 0 Å². The van der Waals surface area contributed by atoms with E-state index in [1.54, 1.807) is 0 Å². The summed E-state index contributed by atoms with van der Waals surface area (Å²) in [4.78, 5) is 22.2. The van der Waals surface area contributed by atoms with Crippen LogP contribution in [0.1, 0.15) is 30.3 Å². The molecule has 1 fully saturated rings. The van der Waals surface area contributed by atoms with Gasteiger partial charge in [-0.2, -0.15) is 0 Å². The van der Waals surface area contributed by atoms with E-state index in [9.17, 15) is 4.79 Å². The first-order valence-corrected chi connectivity index (χ1v) is 8.97. The number of benzene rings is 2.